The van der Waals surface area contributed by atoms with Gasteiger partial charge in [0.05, 0.1) is 4.24 Å². The Morgan fingerprint density at radius 2 is 2.31 bits per heavy atom. The lowest BCUT2D eigenvalue weighted by molar-refractivity contribution is -0.114. The van der Waals surface area contributed by atoms with Gasteiger partial charge in [0.25, 0.3) is 5.91 Å². The first-order valence-corrected chi connectivity index (χ1v) is 5.32. The van der Waals surface area contributed by atoms with Gasteiger partial charge in [-0.15, -0.1) is 24.4 Å². The first-order chi connectivity index (χ1) is 6.13. The van der Waals surface area contributed by atoms with Crippen molar-refractivity contribution < 1.29 is 4.79 Å². The number of amides is 1. The molecule has 0 saturated heterocycles. The lowest BCUT2D eigenvalue weighted by Gasteiger charge is -2.00. The standard InChI is InChI=1S/C8H12N2OS2/c1-2-3-4-13-8(12)6(5-9)7(10)11/h12H,2-4H2,1H3,(H2,10,11). The fourth-order valence-electron chi connectivity index (χ4n) is 0.594. The van der Waals surface area contributed by atoms with Crippen molar-refractivity contribution in [1.82, 2.24) is 0 Å². The molecule has 5 heteroatoms. The van der Waals surface area contributed by atoms with Gasteiger partial charge in [0.1, 0.15) is 11.6 Å². The average Bonchev–Trinajstić information content (AvgIpc) is 2.05. The minimum Gasteiger partial charge on any atom is -0.365 e. The van der Waals surface area contributed by atoms with Crippen LogP contribution in [0.5, 0.6) is 0 Å². The molecule has 13 heavy (non-hydrogen) atoms. The number of nitrogens with zero attached hydrogens (tertiary/aromatic N) is 1. The van der Waals surface area contributed by atoms with E-state index in [2.05, 4.69) is 19.6 Å². The molecule has 0 aliphatic rings. The summed E-state index contributed by atoms with van der Waals surface area (Å²) in [6, 6.07) is 1.74. The Labute approximate surface area is 87.8 Å². The molecule has 0 aromatic carbocycles. The van der Waals surface area contributed by atoms with Gasteiger partial charge in [0.15, 0.2) is 0 Å². The normalized spacial score (nSPS) is 11.8. The van der Waals surface area contributed by atoms with Gasteiger partial charge in [-0.2, -0.15) is 5.26 Å². The zero-order valence-corrected chi connectivity index (χ0v) is 9.12. The zero-order chi connectivity index (χ0) is 10.3. The maximum Gasteiger partial charge on any atom is 0.261 e. The summed E-state index contributed by atoms with van der Waals surface area (Å²) in [6.45, 7) is 2.07. The Balaban J connectivity index is 4.25. The van der Waals surface area contributed by atoms with Crippen LogP contribution in [0.3, 0.4) is 0 Å². The summed E-state index contributed by atoms with van der Waals surface area (Å²) in [5.41, 5.74) is 4.92. The topological polar surface area (TPSA) is 66.9 Å². The summed E-state index contributed by atoms with van der Waals surface area (Å²) < 4.78 is 0.420. The summed E-state index contributed by atoms with van der Waals surface area (Å²) in [6.07, 6.45) is 2.11. The predicted octanol–water partition coefficient (Wildman–Crippen LogP) is 1.67. The minimum atomic E-state index is -0.712. The van der Waals surface area contributed by atoms with Gasteiger partial charge in [0, 0.05) is 0 Å². The maximum absolute atomic E-state index is 10.7. The van der Waals surface area contributed by atoms with E-state index >= 15 is 0 Å². The highest BCUT2D eigenvalue weighted by atomic mass is 32.2. The van der Waals surface area contributed by atoms with Crippen LogP contribution in [-0.2, 0) is 4.79 Å². The fourth-order valence-corrected chi connectivity index (χ4v) is 1.94. The number of rotatable bonds is 5. The number of carbonyl (C=O) groups excluding carboxylic acids is 1. The van der Waals surface area contributed by atoms with E-state index in [0.717, 1.165) is 18.6 Å². The predicted molar refractivity (Wildman–Crippen MR) is 58.2 cm³/mol. The smallest absolute Gasteiger partial charge is 0.261 e. The van der Waals surface area contributed by atoms with E-state index in [9.17, 15) is 4.79 Å². The quantitative estimate of drug-likeness (QED) is 0.318. The largest absolute Gasteiger partial charge is 0.365 e. The summed E-state index contributed by atoms with van der Waals surface area (Å²) >= 11 is 5.42. The number of thiol groups is 1. The highest BCUT2D eigenvalue weighted by molar-refractivity contribution is 8.15. The lowest BCUT2D eigenvalue weighted by atomic mass is 10.3. The average molecular weight is 216 g/mol. The molecule has 72 valence electrons. The SMILES string of the molecule is CCCCSC(S)=C(C#N)C(N)=O. The fraction of sp³-hybridized carbons (Fsp3) is 0.500. The molecule has 0 unspecified atom stereocenters. The second-order valence-electron chi connectivity index (χ2n) is 2.36. The molecule has 0 aromatic rings. The van der Waals surface area contributed by atoms with E-state index in [1.165, 1.54) is 11.8 Å². The monoisotopic (exact) mass is 216 g/mol. The molecule has 0 aromatic heterocycles. The number of nitriles is 1. The van der Waals surface area contributed by atoms with Gasteiger partial charge < -0.3 is 5.73 Å². The highest BCUT2D eigenvalue weighted by Gasteiger charge is 2.08. The molecule has 0 aliphatic carbocycles. The molecular formula is C8H12N2OS2. The minimum absolute atomic E-state index is 0.0514. The Bertz CT molecular complexity index is 255. The van der Waals surface area contributed by atoms with Crippen LogP contribution in [-0.4, -0.2) is 11.7 Å². The third kappa shape index (κ3) is 4.86. The van der Waals surface area contributed by atoms with Gasteiger partial charge in [-0.25, -0.2) is 0 Å². The molecule has 2 N–H and O–H groups in total. The van der Waals surface area contributed by atoms with E-state index in [4.69, 9.17) is 11.0 Å². The first kappa shape index (κ1) is 12.4. The molecule has 0 radical (unpaired) electrons. The van der Waals surface area contributed by atoms with Gasteiger partial charge in [0.2, 0.25) is 0 Å². The molecule has 0 saturated carbocycles. The number of hydrogen-bond acceptors (Lipinski definition) is 4. The van der Waals surface area contributed by atoms with Crippen molar-refractivity contribution in [2.24, 2.45) is 5.73 Å². The molecule has 0 aliphatic heterocycles. The second kappa shape index (κ2) is 6.87. The lowest BCUT2D eigenvalue weighted by Crippen LogP contribution is -2.13. The molecule has 0 heterocycles. The second-order valence-corrected chi connectivity index (χ2v) is 4.21. The molecule has 3 nitrogen and oxygen atoms in total. The van der Waals surface area contributed by atoms with Crippen LogP contribution < -0.4 is 5.73 Å². The molecule has 0 atom stereocenters. The molecule has 0 spiro atoms. The van der Waals surface area contributed by atoms with Gasteiger partial charge in [-0.1, -0.05) is 13.3 Å². The zero-order valence-electron chi connectivity index (χ0n) is 7.41. The first-order valence-electron chi connectivity index (χ1n) is 3.89. The Kier molecular flexibility index (Phi) is 6.55. The van der Waals surface area contributed by atoms with Crippen LogP contribution in [0.4, 0.5) is 0 Å². The third-order valence-corrected chi connectivity index (χ3v) is 2.89. The number of primary amides is 1. The highest BCUT2D eigenvalue weighted by Crippen LogP contribution is 2.24. The van der Waals surface area contributed by atoms with Crippen molar-refractivity contribution >= 4 is 30.3 Å². The van der Waals surface area contributed by atoms with Crippen molar-refractivity contribution in [3.05, 3.63) is 9.81 Å². The van der Waals surface area contributed by atoms with Gasteiger partial charge in [-0.05, 0) is 12.2 Å². The van der Waals surface area contributed by atoms with Gasteiger partial charge in [-0.3, -0.25) is 4.79 Å². The number of hydrogen-bond donors (Lipinski definition) is 2. The summed E-state index contributed by atoms with van der Waals surface area (Å²) in [7, 11) is 0. The van der Waals surface area contributed by atoms with E-state index in [1.807, 2.05) is 0 Å². The third-order valence-electron chi connectivity index (χ3n) is 1.31. The Morgan fingerprint density at radius 1 is 1.69 bits per heavy atom. The van der Waals surface area contributed by atoms with Crippen LogP contribution in [0.1, 0.15) is 19.8 Å². The number of thioether (sulfide) groups is 1. The van der Waals surface area contributed by atoms with Crippen LogP contribution in [0.25, 0.3) is 0 Å². The van der Waals surface area contributed by atoms with Crippen molar-refractivity contribution in [2.45, 2.75) is 19.8 Å². The molecule has 0 bridgehead atoms. The summed E-state index contributed by atoms with van der Waals surface area (Å²) in [4.78, 5) is 10.7. The maximum atomic E-state index is 10.7. The van der Waals surface area contributed by atoms with Gasteiger partial charge >= 0.3 is 0 Å². The van der Waals surface area contributed by atoms with E-state index in [0.29, 0.717) is 4.24 Å². The molecular weight excluding hydrogens is 204 g/mol. The molecule has 1 amide bonds. The molecule has 0 fully saturated rings. The number of nitrogens with two attached hydrogens (primary N) is 1. The Morgan fingerprint density at radius 3 is 2.69 bits per heavy atom. The van der Waals surface area contributed by atoms with E-state index in [-0.39, 0.29) is 5.57 Å². The van der Waals surface area contributed by atoms with Crippen LogP contribution >= 0.6 is 24.4 Å². The van der Waals surface area contributed by atoms with Crippen molar-refractivity contribution in [3.63, 3.8) is 0 Å². The van der Waals surface area contributed by atoms with Crippen molar-refractivity contribution in [2.75, 3.05) is 5.75 Å². The Hall–Kier alpha value is -0.600. The number of unbranched alkanes of at least 4 members (excludes halogenated alkanes) is 1. The molecule has 0 rings (SSSR count). The summed E-state index contributed by atoms with van der Waals surface area (Å²) in [5.74, 6) is 0.143. The van der Waals surface area contributed by atoms with Crippen LogP contribution in [0.2, 0.25) is 0 Å². The van der Waals surface area contributed by atoms with Crippen LogP contribution in [0.15, 0.2) is 9.81 Å². The van der Waals surface area contributed by atoms with Crippen molar-refractivity contribution in [1.29, 1.82) is 5.26 Å². The van der Waals surface area contributed by atoms with Crippen molar-refractivity contribution in [3.8, 4) is 6.07 Å². The number of carbonyl (C=O) groups is 1. The van der Waals surface area contributed by atoms with Crippen LogP contribution in [0, 0.1) is 11.3 Å². The summed E-state index contributed by atoms with van der Waals surface area (Å²) in [5, 5.41) is 8.55. The van der Waals surface area contributed by atoms with E-state index in [1.54, 1.807) is 6.07 Å². The van der Waals surface area contributed by atoms with E-state index < -0.39 is 5.91 Å².